The number of rotatable bonds is 9. The van der Waals surface area contributed by atoms with Gasteiger partial charge in [-0.15, -0.1) is 0 Å². The standard InChI is InChI=1S/C17H23N3O4S2/c1-11(2)10-20(17(23)24-9-5-3-4-6-14(21)22)13-8-7-12-15(19-13)26-16(25)18-12/h7-8,11H,3-6,9-10H2,1-2H3,(H,18,25)(H,21,22). The molecule has 7 nitrogen and oxygen atoms in total. The van der Waals surface area contributed by atoms with Gasteiger partial charge in [-0.25, -0.2) is 9.78 Å². The Balaban J connectivity index is 1.99. The number of ether oxygens (including phenoxy) is 1. The maximum Gasteiger partial charge on any atom is 0.415 e. The predicted octanol–water partition coefficient (Wildman–Crippen LogP) is 4.60. The lowest BCUT2D eigenvalue weighted by Crippen LogP contribution is -2.35. The Kier molecular flexibility index (Phi) is 7.52. The Hall–Kier alpha value is -2.00. The van der Waals surface area contributed by atoms with E-state index in [4.69, 9.17) is 22.1 Å². The number of nitrogens with zero attached hydrogens (tertiary/aromatic N) is 2. The third-order valence-corrected chi connectivity index (χ3v) is 4.72. The number of aromatic amines is 1. The Morgan fingerprint density at radius 3 is 2.81 bits per heavy atom. The molecule has 0 bridgehead atoms. The van der Waals surface area contributed by atoms with Crippen molar-refractivity contribution in [3.63, 3.8) is 0 Å². The van der Waals surface area contributed by atoms with Crippen LogP contribution in [0.25, 0.3) is 10.3 Å². The lowest BCUT2D eigenvalue weighted by molar-refractivity contribution is -0.137. The van der Waals surface area contributed by atoms with Gasteiger partial charge in [0.2, 0.25) is 0 Å². The largest absolute Gasteiger partial charge is 0.481 e. The average Bonchev–Trinajstić information content (AvgIpc) is 2.94. The Morgan fingerprint density at radius 1 is 1.35 bits per heavy atom. The van der Waals surface area contributed by atoms with Crippen LogP contribution in [0.5, 0.6) is 0 Å². The normalized spacial score (nSPS) is 11.0. The number of aromatic nitrogens is 2. The number of H-pyrrole nitrogens is 1. The second kappa shape index (κ2) is 9.63. The number of nitrogens with one attached hydrogen (secondary N) is 1. The van der Waals surface area contributed by atoms with Gasteiger partial charge in [0.05, 0.1) is 12.1 Å². The molecule has 9 heteroatoms. The fraction of sp³-hybridized carbons (Fsp3) is 0.529. The van der Waals surface area contributed by atoms with Crippen molar-refractivity contribution < 1.29 is 19.4 Å². The van der Waals surface area contributed by atoms with Crippen molar-refractivity contribution in [2.75, 3.05) is 18.1 Å². The van der Waals surface area contributed by atoms with E-state index >= 15 is 0 Å². The highest BCUT2D eigenvalue weighted by Gasteiger charge is 2.20. The number of hydrogen-bond donors (Lipinski definition) is 2. The Bertz CT molecular complexity index is 816. The number of aliphatic carboxylic acids is 1. The van der Waals surface area contributed by atoms with Gasteiger partial charge in [0, 0.05) is 13.0 Å². The summed E-state index contributed by atoms with van der Waals surface area (Å²) in [5.41, 5.74) is 0.847. The minimum atomic E-state index is -0.806. The molecular formula is C17H23N3O4S2. The van der Waals surface area contributed by atoms with E-state index in [0.29, 0.717) is 35.6 Å². The van der Waals surface area contributed by atoms with Gasteiger partial charge in [-0.3, -0.25) is 9.69 Å². The van der Waals surface area contributed by atoms with Crippen molar-refractivity contribution >= 4 is 51.8 Å². The third-order valence-electron chi connectivity index (χ3n) is 3.58. The van der Waals surface area contributed by atoms with Gasteiger partial charge in [-0.2, -0.15) is 0 Å². The summed E-state index contributed by atoms with van der Waals surface area (Å²) in [6.45, 7) is 4.79. The molecule has 0 saturated carbocycles. The van der Waals surface area contributed by atoms with E-state index in [2.05, 4.69) is 9.97 Å². The maximum atomic E-state index is 12.5. The fourth-order valence-electron chi connectivity index (χ4n) is 2.40. The molecule has 0 radical (unpaired) electrons. The monoisotopic (exact) mass is 397 g/mol. The van der Waals surface area contributed by atoms with Gasteiger partial charge in [-0.1, -0.05) is 25.2 Å². The minimum Gasteiger partial charge on any atom is -0.481 e. The molecule has 142 valence electrons. The van der Waals surface area contributed by atoms with Crippen molar-refractivity contribution in [3.8, 4) is 0 Å². The molecule has 0 spiro atoms. The van der Waals surface area contributed by atoms with Crippen LogP contribution in [0.2, 0.25) is 0 Å². The quantitative estimate of drug-likeness (QED) is 0.474. The molecule has 2 aromatic heterocycles. The van der Waals surface area contributed by atoms with E-state index in [1.165, 1.54) is 16.2 Å². The summed E-state index contributed by atoms with van der Waals surface area (Å²) in [6.07, 6.45) is 1.63. The van der Waals surface area contributed by atoms with Crippen molar-refractivity contribution in [1.82, 2.24) is 9.97 Å². The molecule has 26 heavy (non-hydrogen) atoms. The summed E-state index contributed by atoms with van der Waals surface area (Å²) >= 11 is 6.50. The zero-order chi connectivity index (χ0) is 19.1. The summed E-state index contributed by atoms with van der Waals surface area (Å²) in [5, 5.41) is 8.61. The molecule has 0 aromatic carbocycles. The second-order valence-corrected chi connectivity index (χ2v) is 8.03. The highest BCUT2D eigenvalue weighted by atomic mass is 32.1. The molecule has 0 aliphatic rings. The zero-order valence-electron chi connectivity index (χ0n) is 14.9. The summed E-state index contributed by atoms with van der Waals surface area (Å²) in [4.78, 5) is 32.8. The van der Waals surface area contributed by atoms with Crippen LogP contribution in [-0.4, -0.2) is 40.3 Å². The van der Waals surface area contributed by atoms with Crippen LogP contribution in [0.15, 0.2) is 12.1 Å². The lowest BCUT2D eigenvalue weighted by Gasteiger charge is -2.23. The first kappa shape index (κ1) is 20.3. The maximum absolute atomic E-state index is 12.5. The molecule has 2 heterocycles. The smallest absolute Gasteiger partial charge is 0.415 e. The van der Waals surface area contributed by atoms with E-state index in [0.717, 1.165) is 10.3 Å². The number of hydrogen-bond acceptors (Lipinski definition) is 6. The van der Waals surface area contributed by atoms with Gasteiger partial charge >= 0.3 is 12.1 Å². The zero-order valence-corrected chi connectivity index (χ0v) is 16.5. The third kappa shape index (κ3) is 6.06. The van der Waals surface area contributed by atoms with Crippen LogP contribution in [-0.2, 0) is 9.53 Å². The number of carboxylic acid groups (broad SMARTS) is 1. The number of fused-ring (bicyclic) bond motifs is 1. The number of carbonyl (C=O) groups is 2. The summed E-state index contributed by atoms with van der Waals surface area (Å²) in [6, 6.07) is 3.63. The Morgan fingerprint density at radius 2 is 2.12 bits per heavy atom. The molecule has 0 aliphatic heterocycles. The first-order chi connectivity index (χ1) is 12.4. The van der Waals surface area contributed by atoms with Crippen molar-refractivity contribution in [1.29, 1.82) is 0 Å². The number of carbonyl (C=O) groups excluding carboxylic acids is 1. The average molecular weight is 398 g/mol. The van der Waals surface area contributed by atoms with E-state index in [9.17, 15) is 9.59 Å². The summed E-state index contributed by atoms with van der Waals surface area (Å²) < 4.78 is 6.00. The number of thiazole rings is 1. The van der Waals surface area contributed by atoms with Crippen LogP contribution >= 0.6 is 23.6 Å². The summed E-state index contributed by atoms with van der Waals surface area (Å²) in [5.74, 6) is -0.0213. The summed E-state index contributed by atoms with van der Waals surface area (Å²) in [7, 11) is 0. The van der Waals surface area contributed by atoms with E-state index in [1.807, 2.05) is 19.9 Å². The van der Waals surface area contributed by atoms with Crippen molar-refractivity contribution in [2.45, 2.75) is 39.5 Å². The molecule has 2 N–H and O–H groups in total. The predicted molar refractivity (Wildman–Crippen MR) is 104 cm³/mol. The number of pyridine rings is 1. The molecule has 0 saturated heterocycles. The molecule has 0 atom stereocenters. The van der Waals surface area contributed by atoms with Crippen LogP contribution in [0.4, 0.5) is 10.6 Å². The molecule has 0 unspecified atom stereocenters. The van der Waals surface area contributed by atoms with Crippen LogP contribution in [0, 0.1) is 9.87 Å². The lowest BCUT2D eigenvalue weighted by atomic mass is 10.2. The van der Waals surface area contributed by atoms with Gasteiger partial charge in [0.25, 0.3) is 0 Å². The SMILES string of the molecule is CC(C)CN(C(=O)OCCCCCC(=O)O)c1ccc2[nH]c(=S)sc2n1. The highest BCUT2D eigenvalue weighted by molar-refractivity contribution is 7.73. The molecule has 2 aromatic rings. The first-order valence-corrected chi connectivity index (χ1v) is 9.75. The molecular weight excluding hydrogens is 374 g/mol. The van der Waals surface area contributed by atoms with Gasteiger partial charge < -0.3 is 14.8 Å². The van der Waals surface area contributed by atoms with Gasteiger partial charge in [0.15, 0.2) is 3.95 Å². The van der Waals surface area contributed by atoms with Gasteiger partial charge in [0.1, 0.15) is 10.6 Å². The van der Waals surface area contributed by atoms with Crippen LogP contribution < -0.4 is 4.90 Å². The van der Waals surface area contributed by atoms with E-state index in [-0.39, 0.29) is 18.9 Å². The van der Waals surface area contributed by atoms with Crippen LogP contribution in [0.1, 0.15) is 39.5 Å². The number of amides is 1. The second-order valence-electron chi connectivity index (χ2n) is 6.36. The van der Waals surface area contributed by atoms with Crippen LogP contribution in [0.3, 0.4) is 0 Å². The first-order valence-electron chi connectivity index (χ1n) is 8.52. The molecule has 0 fully saturated rings. The van der Waals surface area contributed by atoms with E-state index in [1.54, 1.807) is 6.07 Å². The van der Waals surface area contributed by atoms with E-state index < -0.39 is 12.1 Å². The molecule has 0 aliphatic carbocycles. The van der Waals surface area contributed by atoms with Crippen molar-refractivity contribution in [3.05, 3.63) is 16.1 Å². The number of carboxylic acids is 1. The molecule has 2 rings (SSSR count). The number of anilines is 1. The minimum absolute atomic E-state index is 0.139. The molecule has 1 amide bonds. The fourth-order valence-corrected chi connectivity index (χ4v) is 3.45. The van der Waals surface area contributed by atoms with Gasteiger partial charge in [-0.05, 0) is 49.5 Å². The topological polar surface area (TPSA) is 95.5 Å². The highest BCUT2D eigenvalue weighted by Crippen LogP contribution is 2.22. The Labute approximate surface area is 161 Å². The number of unbranched alkanes of at least 4 members (excludes halogenated alkanes) is 2. The van der Waals surface area contributed by atoms with Crippen molar-refractivity contribution in [2.24, 2.45) is 5.92 Å².